The molecule has 1 saturated heterocycles. The van der Waals surface area contributed by atoms with Crippen LogP contribution in [-0.2, 0) is 9.30 Å². The number of aromatic nitrogens is 2. The maximum absolute atomic E-state index is 12.3. The first-order valence-corrected chi connectivity index (χ1v) is 10.2. The SMILES string of the molecule is Cc1cn(C2CC(N=[N+]=[N-])C(/C=C/P(=O)(O)Oc3ccccc3)O2)c(=O)[nH]c1=O. The van der Waals surface area contributed by atoms with Gasteiger partial charge in [-0.1, -0.05) is 23.3 Å². The number of nitrogens with one attached hydrogen (secondary N) is 1. The third kappa shape index (κ3) is 5.04. The van der Waals surface area contributed by atoms with Gasteiger partial charge in [-0.05, 0) is 30.7 Å². The molecule has 0 bridgehead atoms. The van der Waals surface area contributed by atoms with Crippen LogP contribution in [0, 0.1) is 6.92 Å². The van der Waals surface area contributed by atoms with Crippen LogP contribution < -0.4 is 15.8 Å². The lowest BCUT2D eigenvalue weighted by Crippen LogP contribution is -2.33. The van der Waals surface area contributed by atoms with Gasteiger partial charge >= 0.3 is 13.3 Å². The first-order chi connectivity index (χ1) is 13.8. The van der Waals surface area contributed by atoms with E-state index in [0.29, 0.717) is 5.56 Å². The van der Waals surface area contributed by atoms with E-state index in [-0.39, 0.29) is 12.2 Å². The molecule has 1 aliphatic rings. The summed E-state index contributed by atoms with van der Waals surface area (Å²) >= 11 is 0. The fourth-order valence-electron chi connectivity index (χ4n) is 2.86. The Hall–Kier alpha value is -3.10. The average Bonchev–Trinajstić information content (AvgIpc) is 3.06. The molecule has 11 nitrogen and oxygen atoms in total. The predicted octanol–water partition coefficient (Wildman–Crippen LogP) is 2.59. The summed E-state index contributed by atoms with van der Waals surface area (Å²) in [5.74, 6) is 1.17. The van der Waals surface area contributed by atoms with Gasteiger partial charge in [0.1, 0.15) is 12.0 Å². The molecule has 12 heteroatoms. The molecule has 29 heavy (non-hydrogen) atoms. The zero-order chi connectivity index (χ0) is 21.0. The van der Waals surface area contributed by atoms with Crippen molar-refractivity contribution in [2.24, 2.45) is 5.11 Å². The van der Waals surface area contributed by atoms with Gasteiger partial charge < -0.3 is 14.2 Å². The molecule has 152 valence electrons. The number of azide groups is 1. The number of hydrogen-bond donors (Lipinski definition) is 2. The number of nitrogens with zero attached hydrogens (tertiary/aromatic N) is 4. The molecular formula is C17H18N5O6P. The van der Waals surface area contributed by atoms with Gasteiger partial charge in [-0.25, -0.2) is 9.36 Å². The molecule has 1 aromatic heterocycles. The van der Waals surface area contributed by atoms with E-state index in [2.05, 4.69) is 15.0 Å². The molecule has 0 aliphatic carbocycles. The van der Waals surface area contributed by atoms with Crippen molar-refractivity contribution in [3.63, 3.8) is 0 Å². The van der Waals surface area contributed by atoms with Gasteiger partial charge in [0, 0.05) is 28.9 Å². The van der Waals surface area contributed by atoms with Crippen molar-refractivity contribution in [2.75, 3.05) is 0 Å². The van der Waals surface area contributed by atoms with Crippen molar-refractivity contribution in [1.82, 2.24) is 9.55 Å². The number of benzene rings is 1. The van der Waals surface area contributed by atoms with Crippen molar-refractivity contribution >= 4 is 7.60 Å². The molecular weight excluding hydrogens is 401 g/mol. The van der Waals surface area contributed by atoms with Crippen molar-refractivity contribution in [1.29, 1.82) is 0 Å². The summed E-state index contributed by atoms with van der Waals surface area (Å²) in [5, 5.41) is 3.64. The molecule has 0 amide bonds. The molecule has 1 aliphatic heterocycles. The Morgan fingerprint density at radius 3 is 2.83 bits per heavy atom. The molecule has 0 spiro atoms. The third-order valence-corrected chi connectivity index (χ3v) is 5.26. The largest absolute Gasteiger partial charge is 0.422 e. The number of hydrogen-bond acceptors (Lipinski definition) is 6. The fraction of sp³-hybridized carbons (Fsp3) is 0.294. The van der Waals surface area contributed by atoms with E-state index in [1.807, 2.05) is 0 Å². The zero-order valence-corrected chi connectivity index (χ0v) is 16.2. The molecule has 1 aromatic carbocycles. The number of para-hydroxylation sites is 1. The second-order valence-corrected chi connectivity index (χ2v) is 7.96. The van der Waals surface area contributed by atoms with E-state index >= 15 is 0 Å². The van der Waals surface area contributed by atoms with Crippen LogP contribution in [-0.4, -0.2) is 26.6 Å². The molecule has 4 unspecified atom stereocenters. The number of ether oxygens (including phenoxy) is 1. The summed E-state index contributed by atoms with van der Waals surface area (Å²) in [5.41, 5.74) is 7.92. The lowest BCUT2D eigenvalue weighted by Gasteiger charge is -2.15. The van der Waals surface area contributed by atoms with E-state index in [0.717, 1.165) is 5.82 Å². The minimum absolute atomic E-state index is 0.139. The topological polar surface area (TPSA) is 159 Å². The lowest BCUT2D eigenvalue weighted by molar-refractivity contribution is 0.0187. The van der Waals surface area contributed by atoms with Crippen LogP contribution in [0.3, 0.4) is 0 Å². The fourth-order valence-corrected chi connectivity index (χ4v) is 3.73. The van der Waals surface area contributed by atoms with Gasteiger partial charge in [-0.3, -0.25) is 14.3 Å². The average molecular weight is 419 g/mol. The number of rotatable bonds is 6. The van der Waals surface area contributed by atoms with Crippen LogP contribution >= 0.6 is 7.60 Å². The Morgan fingerprint density at radius 1 is 1.41 bits per heavy atom. The van der Waals surface area contributed by atoms with Gasteiger partial charge in [-0.15, -0.1) is 0 Å². The quantitative estimate of drug-likeness (QED) is 0.317. The van der Waals surface area contributed by atoms with Crippen LogP contribution in [0.1, 0.15) is 18.2 Å². The Morgan fingerprint density at radius 2 is 2.14 bits per heavy atom. The molecule has 1 fully saturated rings. The molecule has 2 aromatic rings. The highest BCUT2D eigenvalue weighted by Gasteiger charge is 2.35. The number of aromatic amines is 1. The summed E-state index contributed by atoms with van der Waals surface area (Å²) in [6, 6.07) is 7.40. The second kappa shape index (κ2) is 8.50. The molecule has 3 rings (SSSR count). The van der Waals surface area contributed by atoms with Crippen molar-refractivity contribution < 1.29 is 18.7 Å². The summed E-state index contributed by atoms with van der Waals surface area (Å²) in [6.07, 6.45) is 1.07. The van der Waals surface area contributed by atoms with E-state index in [1.165, 1.54) is 35.9 Å². The summed E-state index contributed by atoms with van der Waals surface area (Å²) in [7, 11) is -4.14. The Bertz CT molecular complexity index is 1120. The maximum Gasteiger partial charge on any atom is 0.400 e. The molecule has 2 N–H and O–H groups in total. The summed E-state index contributed by atoms with van der Waals surface area (Å²) in [4.78, 5) is 38.6. The molecule has 4 atom stereocenters. The minimum atomic E-state index is -4.14. The van der Waals surface area contributed by atoms with Gasteiger partial charge in [-0.2, -0.15) is 0 Å². The van der Waals surface area contributed by atoms with Crippen LogP contribution in [0.2, 0.25) is 0 Å². The molecule has 2 heterocycles. The van der Waals surface area contributed by atoms with Crippen molar-refractivity contribution in [2.45, 2.75) is 31.7 Å². The van der Waals surface area contributed by atoms with Crippen LogP contribution in [0.5, 0.6) is 5.75 Å². The normalized spacial score (nSPS) is 23.4. The van der Waals surface area contributed by atoms with E-state index in [9.17, 15) is 19.0 Å². The van der Waals surface area contributed by atoms with E-state index < -0.39 is 37.2 Å². The maximum atomic E-state index is 12.3. The highest BCUT2D eigenvalue weighted by molar-refractivity contribution is 7.56. The number of H-pyrrole nitrogens is 1. The van der Waals surface area contributed by atoms with Crippen molar-refractivity contribution in [3.05, 3.63) is 85.3 Å². The van der Waals surface area contributed by atoms with Gasteiger partial charge in [0.2, 0.25) is 0 Å². The summed E-state index contributed by atoms with van der Waals surface area (Å²) < 4.78 is 24.3. The van der Waals surface area contributed by atoms with E-state index in [4.69, 9.17) is 14.8 Å². The lowest BCUT2D eigenvalue weighted by atomic mass is 10.1. The van der Waals surface area contributed by atoms with Gasteiger partial charge in [0.05, 0.1) is 12.1 Å². The highest BCUT2D eigenvalue weighted by atomic mass is 31.2. The first-order valence-electron chi connectivity index (χ1n) is 8.57. The second-order valence-electron chi connectivity index (χ2n) is 6.35. The minimum Gasteiger partial charge on any atom is -0.422 e. The predicted molar refractivity (Wildman–Crippen MR) is 104 cm³/mol. The Labute approximate surface area is 164 Å². The van der Waals surface area contributed by atoms with Crippen LogP contribution in [0.15, 0.2) is 63.1 Å². The van der Waals surface area contributed by atoms with Crippen molar-refractivity contribution in [3.8, 4) is 5.75 Å². The third-order valence-electron chi connectivity index (χ3n) is 4.24. The number of aryl methyl sites for hydroxylation is 1. The van der Waals surface area contributed by atoms with Crippen LogP contribution in [0.4, 0.5) is 0 Å². The molecule has 0 radical (unpaired) electrons. The standard InChI is InChI=1S/C17H18N5O6P/c1-11-10-22(17(24)19-16(11)23)15-9-13(20-21-18)14(27-15)7-8-29(25,26)28-12-5-3-2-4-6-12/h2-8,10,13-15H,9H2,1H3,(H,25,26)(H,19,23,24)/b8-7+. The highest BCUT2D eigenvalue weighted by Crippen LogP contribution is 2.45. The smallest absolute Gasteiger partial charge is 0.400 e. The van der Waals surface area contributed by atoms with Gasteiger partial charge in [0.15, 0.2) is 0 Å². The van der Waals surface area contributed by atoms with Crippen LogP contribution in [0.25, 0.3) is 10.4 Å². The van der Waals surface area contributed by atoms with Gasteiger partial charge in [0.25, 0.3) is 5.56 Å². The monoisotopic (exact) mass is 419 g/mol. The first kappa shape index (κ1) is 20.6. The summed E-state index contributed by atoms with van der Waals surface area (Å²) in [6.45, 7) is 1.54. The Balaban J connectivity index is 1.81. The van der Waals surface area contributed by atoms with E-state index in [1.54, 1.807) is 18.2 Å². The Kier molecular flexibility index (Phi) is 6.05. The zero-order valence-electron chi connectivity index (χ0n) is 15.3. The molecule has 0 saturated carbocycles.